The molecular formula is C18H18N4O3. The molecule has 0 saturated carbocycles. The lowest BCUT2D eigenvalue weighted by molar-refractivity contribution is 0.249. The average Bonchev–Trinajstić information content (AvgIpc) is 3.09. The molecule has 1 aromatic heterocycles. The molecular weight excluding hydrogens is 320 g/mol. The van der Waals surface area contributed by atoms with Gasteiger partial charge in [-0.3, -0.25) is 0 Å². The molecule has 1 heterocycles. The number of urea groups is 1. The van der Waals surface area contributed by atoms with Gasteiger partial charge in [-0.15, -0.1) is 0 Å². The number of carbonyl (C=O) groups excluding carboxylic acids is 1. The van der Waals surface area contributed by atoms with Crippen molar-refractivity contribution in [1.29, 1.82) is 0 Å². The predicted molar refractivity (Wildman–Crippen MR) is 93.3 cm³/mol. The van der Waals surface area contributed by atoms with Crippen LogP contribution in [0.15, 0.2) is 53.1 Å². The second-order valence-electron chi connectivity index (χ2n) is 5.42. The Kier molecular flexibility index (Phi) is 4.94. The van der Waals surface area contributed by atoms with Crippen molar-refractivity contribution in [3.63, 3.8) is 0 Å². The molecule has 25 heavy (non-hydrogen) atoms. The number of benzene rings is 2. The maximum absolute atomic E-state index is 12.0. The molecule has 3 aromatic rings. The third kappa shape index (κ3) is 4.35. The standard InChI is InChI=1S/C18H18N4O3/c1-12-5-3-6-13(9-12)17-21-16(25-22-17)11-19-18(23)20-14-7-4-8-15(10-14)24-2/h3-10H,11H2,1-2H3,(H2,19,20,23). The molecule has 2 N–H and O–H groups in total. The van der Waals surface area contributed by atoms with Gasteiger partial charge in [0.25, 0.3) is 0 Å². The van der Waals surface area contributed by atoms with Gasteiger partial charge in [-0.2, -0.15) is 4.98 Å². The first-order chi connectivity index (χ1) is 12.1. The fraction of sp³-hybridized carbons (Fsp3) is 0.167. The van der Waals surface area contributed by atoms with Crippen LogP contribution in [0.2, 0.25) is 0 Å². The number of anilines is 1. The maximum Gasteiger partial charge on any atom is 0.319 e. The average molecular weight is 338 g/mol. The van der Waals surface area contributed by atoms with Crippen LogP contribution in [0.5, 0.6) is 5.75 Å². The zero-order chi connectivity index (χ0) is 17.6. The Bertz CT molecular complexity index is 876. The molecule has 0 saturated heterocycles. The van der Waals surface area contributed by atoms with Crippen LogP contribution in [0.25, 0.3) is 11.4 Å². The number of hydrogen-bond acceptors (Lipinski definition) is 5. The normalized spacial score (nSPS) is 10.3. The Labute approximate surface area is 145 Å². The van der Waals surface area contributed by atoms with Crippen molar-refractivity contribution in [3.05, 3.63) is 60.0 Å². The molecule has 3 rings (SSSR count). The van der Waals surface area contributed by atoms with E-state index >= 15 is 0 Å². The third-order valence-electron chi connectivity index (χ3n) is 3.47. The summed E-state index contributed by atoms with van der Waals surface area (Å²) >= 11 is 0. The maximum atomic E-state index is 12.0. The van der Waals surface area contributed by atoms with Crippen molar-refractivity contribution < 1.29 is 14.1 Å². The highest BCUT2D eigenvalue weighted by Gasteiger charge is 2.10. The molecule has 0 atom stereocenters. The van der Waals surface area contributed by atoms with Crippen molar-refractivity contribution in [2.75, 3.05) is 12.4 Å². The summed E-state index contributed by atoms with van der Waals surface area (Å²) < 4.78 is 10.3. The second kappa shape index (κ2) is 7.48. The molecule has 0 fully saturated rings. The Morgan fingerprint density at radius 2 is 2.04 bits per heavy atom. The first-order valence-corrected chi connectivity index (χ1v) is 7.72. The van der Waals surface area contributed by atoms with Crippen LogP contribution in [0.3, 0.4) is 0 Å². The number of ether oxygens (including phenoxy) is 1. The number of nitrogens with zero attached hydrogens (tertiary/aromatic N) is 2. The Balaban J connectivity index is 1.57. The van der Waals surface area contributed by atoms with Gasteiger partial charge in [-0.05, 0) is 25.1 Å². The van der Waals surface area contributed by atoms with Crippen molar-refractivity contribution in [3.8, 4) is 17.1 Å². The highest BCUT2D eigenvalue weighted by Crippen LogP contribution is 2.18. The molecule has 0 radical (unpaired) electrons. The minimum absolute atomic E-state index is 0.134. The van der Waals surface area contributed by atoms with Gasteiger partial charge in [0, 0.05) is 17.3 Å². The number of hydrogen-bond donors (Lipinski definition) is 2. The summed E-state index contributed by atoms with van der Waals surface area (Å²) in [6.45, 7) is 2.13. The zero-order valence-electron chi connectivity index (χ0n) is 13.9. The number of methoxy groups -OCH3 is 1. The van der Waals surface area contributed by atoms with E-state index in [1.165, 1.54) is 0 Å². The molecule has 0 aliphatic carbocycles. The number of nitrogens with one attached hydrogen (secondary N) is 2. The van der Waals surface area contributed by atoms with E-state index in [9.17, 15) is 4.79 Å². The van der Waals surface area contributed by atoms with Crippen molar-refractivity contribution in [2.24, 2.45) is 0 Å². The van der Waals surface area contributed by atoms with E-state index in [0.717, 1.165) is 11.1 Å². The third-order valence-corrected chi connectivity index (χ3v) is 3.47. The first kappa shape index (κ1) is 16.5. The summed E-state index contributed by atoms with van der Waals surface area (Å²) in [4.78, 5) is 16.2. The lowest BCUT2D eigenvalue weighted by atomic mass is 10.1. The minimum Gasteiger partial charge on any atom is -0.497 e. The number of carbonyl (C=O) groups is 1. The summed E-state index contributed by atoms with van der Waals surface area (Å²) in [6.07, 6.45) is 0. The molecule has 7 heteroatoms. The van der Waals surface area contributed by atoms with E-state index in [1.807, 2.05) is 31.2 Å². The lowest BCUT2D eigenvalue weighted by Gasteiger charge is -2.07. The first-order valence-electron chi connectivity index (χ1n) is 7.72. The number of amides is 2. The highest BCUT2D eigenvalue weighted by atomic mass is 16.5. The Morgan fingerprint density at radius 1 is 1.20 bits per heavy atom. The largest absolute Gasteiger partial charge is 0.497 e. The summed E-state index contributed by atoms with van der Waals surface area (Å²) in [5.41, 5.74) is 2.61. The van der Waals surface area contributed by atoms with E-state index in [4.69, 9.17) is 9.26 Å². The number of rotatable bonds is 5. The van der Waals surface area contributed by atoms with Crippen LogP contribution in [-0.4, -0.2) is 23.3 Å². The van der Waals surface area contributed by atoms with Gasteiger partial charge in [0.2, 0.25) is 11.7 Å². The molecule has 0 aliphatic heterocycles. The topological polar surface area (TPSA) is 89.3 Å². The fourth-order valence-corrected chi connectivity index (χ4v) is 2.26. The van der Waals surface area contributed by atoms with Crippen molar-refractivity contribution in [1.82, 2.24) is 15.5 Å². The Hall–Kier alpha value is -3.35. The van der Waals surface area contributed by atoms with Gasteiger partial charge in [0.15, 0.2) is 0 Å². The summed E-state index contributed by atoms with van der Waals surface area (Å²) in [5, 5.41) is 9.32. The van der Waals surface area contributed by atoms with E-state index in [0.29, 0.717) is 23.2 Å². The zero-order valence-corrected chi connectivity index (χ0v) is 13.9. The van der Waals surface area contributed by atoms with E-state index in [-0.39, 0.29) is 12.6 Å². The van der Waals surface area contributed by atoms with Gasteiger partial charge >= 0.3 is 6.03 Å². The van der Waals surface area contributed by atoms with Crippen LogP contribution in [0.1, 0.15) is 11.5 Å². The molecule has 2 amide bonds. The minimum atomic E-state index is -0.372. The fourth-order valence-electron chi connectivity index (χ4n) is 2.26. The molecule has 2 aromatic carbocycles. The van der Waals surface area contributed by atoms with Crippen molar-refractivity contribution >= 4 is 11.7 Å². The van der Waals surface area contributed by atoms with Crippen molar-refractivity contribution in [2.45, 2.75) is 13.5 Å². The smallest absolute Gasteiger partial charge is 0.319 e. The van der Waals surface area contributed by atoms with Gasteiger partial charge in [0.1, 0.15) is 5.75 Å². The second-order valence-corrected chi connectivity index (χ2v) is 5.42. The van der Waals surface area contributed by atoms with Crippen LogP contribution in [0, 0.1) is 6.92 Å². The Morgan fingerprint density at radius 3 is 2.84 bits per heavy atom. The van der Waals surface area contributed by atoms with Gasteiger partial charge in [-0.1, -0.05) is 35.0 Å². The lowest BCUT2D eigenvalue weighted by Crippen LogP contribution is -2.28. The molecule has 0 bridgehead atoms. The highest BCUT2D eigenvalue weighted by molar-refractivity contribution is 5.89. The van der Waals surface area contributed by atoms with Crippen LogP contribution < -0.4 is 15.4 Å². The predicted octanol–water partition coefficient (Wildman–Crippen LogP) is 3.38. The molecule has 7 nitrogen and oxygen atoms in total. The molecule has 0 aliphatic rings. The van der Waals surface area contributed by atoms with E-state index in [1.54, 1.807) is 31.4 Å². The van der Waals surface area contributed by atoms with Gasteiger partial charge < -0.3 is 19.9 Å². The van der Waals surface area contributed by atoms with Gasteiger partial charge in [-0.25, -0.2) is 4.79 Å². The van der Waals surface area contributed by atoms with E-state index in [2.05, 4.69) is 20.8 Å². The van der Waals surface area contributed by atoms with Crippen LogP contribution in [0.4, 0.5) is 10.5 Å². The summed E-state index contributed by atoms with van der Waals surface area (Å²) in [7, 11) is 1.57. The monoisotopic (exact) mass is 338 g/mol. The molecule has 128 valence electrons. The van der Waals surface area contributed by atoms with E-state index < -0.39 is 0 Å². The van der Waals surface area contributed by atoms with Gasteiger partial charge in [0.05, 0.1) is 13.7 Å². The summed E-state index contributed by atoms with van der Waals surface area (Å²) in [5.74, 6) is 1.49. The SMILES string of the molecule is COc1cccc(NC(=O)NCc2nc(-c3cccc(C)c3)no2)c1. The van der Waals surface area contributed by atoms with Crippen LogP contribution >= 0.6 is 0 Å². The number of aromatic nitrogens is 2. The van der Waals surface area contributed by atoms with Crippen LogP contribution in [-0.2, 0) is 6.54 Å². The quantitative estimate of drug-likeness (QED) is 0.744. The molecule has 0 spiro atoms. The summed E-state index contributed by atoms with van der Waals surface area (Å²) in [6, 6.07) is 14.5. The number of aryl methyl sites for hydroxylation is 1. The molecule has 0 unspecified atom stereocenters.